The molecule has 0 unspecified atom stereocenters. The Hall–Kier alpha value is -1.44. The Morgan fingerprint density at radius 1 is 1.42 bits per heavy atom. The number of para-hydroxylation sites is 1. The summed E-state index contributed by atoms with van der Waals surface area (Å²) >= 11 is 13.3. The molecule has 1 heterocycles. The smallest absolute Gasteiger partial charge is 0.323 e. The third kappa shape index (κ3) is 4.55. The minimum atomic E-state index is -0.479. The SMILES string of the molecule is CCCCn1c(S[C@H](C)C(=O)Nc2c(Cl)cccc2Cl)n[nH]c1=O. The van der Waals surface area contributed by atoms with Crippen molar-refractivity contribution in [1.82, 2.24) is 14.8 Å². The molecule has 1 atom stereocenters. The molecule has 2 aromatic rings. The average Bonchev–Trinajstić information content (AvgIpc) is 2.88. The molecule has 0 aliphatic heterocycles. The number of carbonyl (C=O) groups is 1. The summed E-state index contributed by atoms with van der Waals surface area (Å²) in [4.78, 5) is 24.2. The van der Waals surface area contributed by atoms with E-state index in [0.29, 0.717) is 27.4 Å². The van der Waals surface area contributed by atoms with E-state index in [9.17, 15) is 9.59 Å². The molecule has 0 aliphatic rings. The molecule has 0 saturated heterocycles. The number of aromatic amines is 1. The number of carbonyl (C=O) groups excluding carboxylic acids is 1. The molecule has 2 rings (SSSR count). The van der Waals surface area contributed by atoms with Crippen molar-refractivity contribution in [2.75, 3.05) is 5.32 Å². The normalized spacial score (nSPS) is 12.2. The van der Waals surface area contributed by atoms with Crippen LogP contribution in [0.1, 0.15) is 26.7 Å². The van der Waals surface area contributed by atoms with Crippen LogP contribution in [0.5, 0.6) is 0 Å². The summed E-state index contributed by atoms with van der Waals surface area (Å²) in [5.74, 6) is -0.271. The highest BCUT2D eigenvalue weighted by Crippen LogP contribution is 2.31. The van der Waals surface area contributed by atoms with Crippen molar-refractivity contribution in [2.45, 2.75) is 43.6 Å². The number of hydrogen-bond donors (Lipinski definition) is 2. The monoisotopic (exact) mass is 388 g/mol. The van der Waals surface area contributed by atoms with E-state index >= 15 is 0 Å². The molecule has 0 aliphatic carbocycles. The molecule has 6 nitrogen and oxygen atoms in total. The third-order valence-electron chi connectivity index (χ3n) is 3.32. The summed E-state index contributed by atoms with van der Waals surface area (Å²) in [5, 5.41) is 9.87. The van der Waals surface area contributed by atoms with Crippen molar-refractivity contribution in [3.05, 3.63) is 38.7 Å². The summed E-state index contributed by atoms with van der Waals surface area (Å²) in [6.45, 7) is 4.34. The lowest BCUT2D eigenvalue weighted by Gasteiger charge is -2.14. The number of rotatable bonds is 7. The fourth-order valence-electron chi connectivity index (χ4n) is 1.96. The third-order valence-corrected chi connectivity index (χ3v) is 5.04. The van der Waals surface area contributed by atoms with E-state index in [2.05, 4.69) is 15.5 Å². The van der Waals surface area contributed by atoms with Gasteiger partial charge in [-0.15, -0.1) is 5.10 Å². The van der Waals surface area contributed by atoms with Crippen LogP contribution in [0.25, 0.3) is 0 Å². The maximum Gasteiger partial charge on any atom is 0.343 e. The quantitative estimate of drug-likeness (QED) is 0.706. The zero-order valence-electron chi connectivity index (χ0n) is 13.3. The predicted octanol–water partition coefficient (Wildman–Crippen LogP) is 3.80. The van der Waals surface area contributed by atoms with Gasteiger partial charge in [-0.25, -0.2) is 9.89 Å². The van der Waals surface area contributed by atoms with E-state index in [1.165, 1.54) is 11.8 Å². The van der Waals surface area contributed by atoms with Crippen LogP contribution in [0.15, 0.2) is 28.2 Å². The topological polar surface area (TPSA) is 79.8 Å². The predicted molar refractivity (Wildman–Crippen MR) is 98.2 cm³/mol. The van der Waals surface area contributed by atoms with Gasteiger partial charge >= 0.3 is 5.69 Å². The van der Waals surface area contributed by atoms with Crippen molar-refractivity contribution in [3.8, 4) is 0 Å². The van der Waals surface area contributed by atoms with Crippen LogP contribution in [0.4, 0.5) is 5.69 Å². The molecule has 0 bridgehead atoms. The number of thioether (sulfide) groups is 1. The molecule has 0 spiro atoms. The lowest BCUT2D eigenvalue weighted by molar-refractivity contribution is -0.115. The number of nitrogens with zero attached hydrogens (tertiary/aromatic N) is 2. The molecular formula is C15H18Cl2N4O2S. The van der Waals surface area contributed by atoms with Gasteiger partial charge in [0.2, 0.25) is 5.91 Å². The van der Waals surface area contributed by atoms with Crippen molar-refractivity contribution in [3.63, 3.8) is 0 Å². The molecule has 0 fully saturated rings. The Morgan fingerprint density at radius 3 is 2.71 bits per heavy atom. The van der Waals surface area contributed by atoms with E-state index in [1.54, 1.807) is 29.7 Å². The highest BCUT2D eigenvalue weighted by atomic mass is 35.5. The van der Waals surface area contributed by atoms with E-state index in [4.69, 9.17) is 23.2 Å². The number of H-pyrrole nitrogens is 1. The second kappa shape index (κ2) is 8.60. The van der Waals surface area contributed by atoms with Gasteiger partial charge in [0.15, 0.2) is 5.16 Å². The van der Waals surface area contributed by atoms with E-state index in [-0.39, 0.29) is 11.6 Å². The molecular weight excluding hydrogens is 371 g/mol. The summed E-state index contributed by atoms with van der Waals surface area (Å²) in [6.07, 6.45) is 1.82. The van der Waals surface area contributed by atoms with Crippen molar-refractivity contribution in [1.29, 1.82) is 0 Å². The number of hydrogen-bond acceptors (Lipinski definition) is 4. The first-order valence-electron chi connectivity index (χ1n) is 7.50. The van der Waals surface area contributed by atoms with Crippen LogP contribution >= 0.6 is 35.0 Å². The number of aromatic nitrogens is 3. The number of unbranched alkanes of at least 4 members (excludes halogenated alkanes) is 1. The summed E-state index contributed by atoms with van der Waals surface area (Å²) in [6, 6.07) is 5.00. The minimum absolute atomic E-state index is 0.271. The Kier molecular flexibility index (Phi) is 6.77. The first kappa shape index (κ1) is 18.9. The van der Waals surface area contributed by atoms with Gasteiger partial charge in [0.05, 0.1) is 21.0 Å². The van der Waals surface area contributed by atoms with Gasteiger partial charge in [0.25, 0.3) is 0 Å². The van der Waals surface area contributed by atoms with Crippen molar-refractivity contribution < 1.29 is 4.79 Å². The Balaban J connectivity index is 2.08. The van der Waals surface area contributed by atoms with Gasteiger partial charge < -0.3 is 5.32 Å². The molecule has 1 aromatic heterocycles. The zero-order valence-corrected chi connectivity index (χ0v) is 15.6. The first-order valence-corrected chi connectivity index (χ1v) is 9.14. The van der Waals surface area contributed by atoms with Gasteiger partial charge in [-0.2, -0.15) is 0 Å². The molecule has 1 amide bonds. The highest BCUT2D eigenvalue weighted by Gasteiger charge is 2.20. The average molecular weight is 389 g/mol. The van der Waals surface area contributed by atoms with Crippen LogP contribution in [-0.2, 0) is 11.3 Å². The van der Waals surface area contributed by atoms with Crippen LogP contribution in [0.2, 0.25) is 10.0 Å². The van der Waals surface area contributed by atoms with Crippen LogP contribution in [0, 0.1) is 0 Å². The van der Waals surface area contributed by atoms with Gasteiger partial charge in [0.1, 0.15) is 0 Å². The largest absolute Gasteiger partial charge is 0.343 e. The maximum absolute atomic E-state index is 12.4. The van der Waals surface area contributed by atoms with Gasteiger partial charge in [-0.1, -0.05) is 54.4 Å². The van der Waals surface area contributed by atoms with E-state index in [1.807, 2.05) is 6.92 Å². The fourth-order valence-corrected chi connectivity index (χ4v) is 3.33. The van der Waals surface area contributed by atoms with Crippen LogP contribution in [-0.4, -0.2) is 25.9 Å². The lowest BCUT2D eigenvalue weighted by atomic mass is 10.3. The molecule has 9 heteroatoms. The number of benzene rings is 1. The maximum atomic E-state index is 12.4. The Labute approximate surface area is 153 Å². The molecule has 130 valence electrons. The van der Waals surface area contributed by atoms with Crippen LogP contribution in [0.3, 0.4) is 0 Å². The van der Waals surface area contributed by atoms with Crippen molar-refractivity contribution in [2.24, 2.45) is 0 Å². The molecule has 24 heavy (non-hydrogen) atoms. The van der Waals surface area contributed by atoms with Crippen molar-refractivity contribution >= 4 is 46.6 Å². The second-order valence-corrected chi connectivity index (χ2v) is 7.28. The number of halogens is 2. The van der Waals surface area contributed by atoms with Crippen LogP contribution < -0.4 is 11.0 Å². The molecule has 2 N–H and O–H groups in total. The zero-order chi connectivity index (χ0) is 17.7. The van der Waals surface area contributed by atoms with Gasteiger partial charge in [0, 0.05) is 6.54 Å². The Morgan fingerprint density at radius 2 is 2.08 bits per heavy atom. The lowest BCUT2D eigenvalue weighted by Crippen LogP contribution is -2.24. The summed E-state index contributed by atoms with van der Waals surface area (Å²) in [7, 11) is 0. The molecule has 0 saturated carbocycles. The molecule has 1 aromatic carbocycles. The number of nitrogens with one attached hydrogen (secondary N) is 2. The van der Waals surface area contributed by atoms with Gasteiger partial charge in [-0.3, -0.25) is 9.36 Å². The summed E-state index contributed by atoms with van der Waals surface area (Å²) in [5.41, 5.74) is 0.108. The molecule has 0 radical (unpaired) electrons. The number of anilines is 1. The first-order chi connectivity index (χ1) is 11.4. The minimum Gasteiger partial charge on any atom is -0.323 e. The number of amides is 1. The second-order valence-electron chi connectivity index (χ2n) is 5.16. The highest BCUT2D eigenvalue weighted by molar-refractivity contribution is 8.00. The van der Waals surface area contributed by atoms with Gasteiger partial charge in [-0.05, 0) is 25.5 Å². The van der Waals surface area contributed by atoms with E-state index in [0.717, 1.165) is 12.8 Å². The van der Waals surface area contributed by atoms with E-state index < -0.39 is 5.25 Å². The summed E-state index contributed by atoms with van der Waals surface area (Å²) < 4.78 is 1.54. The fraction of sp³-hybridized carbons (Fsp3) is 0.400. The Bertz CT molecular complexity index is 755. The standard InChI is InChI=1S/C15H18Cl2N4O2S/c1-3-4-8-21-14(23)19-20-15(21)24-9(2)13(22)18-12-10(16)6-5-7-11(12)17/h5-7,9H,3-4,8H2,1-2H3,(H,18,22)(H,19,23)/t9-/m1/s1.